The van der Waals surface area contributed by atoms with Crippen molar-refractivity contribution >= 4 is 34.7 Å². The molecule has 1 saturated heterocycles. The second-order valence-electron chi connectivity index (χ2n) is 9.83. The number of nitrogens with one attached hydrogen (secondary N) is 2. The van der Waals surface area contributed by atoms with Crippen LogP contribution in [0.1, 0.15) is 44.6 Å². The Morgan fingerprint density at radius 3 is 2.84 bits per heavy atom. The minimum Gasteiger partial charge on any atom is -0.360 e. The standard InChI is InChI=1S/C29H35N5O2S/c1-3-14-31-27(35)25(18-30)29-34(4-2)28(36)26(37-29)19-32-24-11-7-8-21(17-24)12-15-33-16-13-22-9-5-6-10-23(22)20-33/h1,7-8,11,17,19,22-23,32H,4-6,9-10,12-16,20H2,2H3,(H,31,35)/t22-,23-/m1/s1. The third-order valence-corrected chi connectivity index (χ3v) is 8.65. The molecule has 1 amide bonds. The molecule has 8 heteroatoms. The number of hydrogen-bond donors (Lipinski definition) is 2. The molecule has 2 aromatic rings. The number of carbonyl (C=O) groups excluding carboxylic acids is 1. The van der Waals surface area contributed by atoms with Crippen molar-refractivity contribution in [3.05, 3.63) is 49.4 Å². The number of hydrogen-bond acceptors (Lipinski definition) is 6. The van der Waals surface area contributed by atoms with Gasteiger partial charge in [0.1, 0.15) is 15.3 Å². The summed E-state index contributed by atoms with van der Waals surface area (Å²) in [6.45, 7) is 5.69. The molecular formula is C29H35N5O2S. The highest BCUT2D eigenvalue weighted by molar-refractivity contribution is 7.07. The number of anilines is 1. The van der Waals surface area contributed by atoms with Crippen LogP contribution in [0.2, 0.25) is 0 Å². The van der Waals surface area contributed by atoms with Crippen molar-refractivity contribution in [2.75, 3.05) is 31.5 Å². The Balaban J connectivity index is 1.46. The van der Waals surface area contributed by atoms with Crippen molar-refractivity contribution in [3.63, 3.8) is 0 Å². The number of fused-ring (bicyclic) bond motifs is 1. The second kappa shape index (κ2) is 12.8. The lowest BCUT2D eigenvalue weighted by Gasteiger charge is -2.41. The Labute approximate surface area is 222 Å². The number of aromatic nitrogens is 1. The summed E-state index contributed by atoms with van der Waals surface area (Å²) in [7, 11) is 0. The molecule has 2 N–H and O–H groups in total. The normalized spacial score (nSPS) is 20.9. The van der Waals surface area contributed by atoms with Crippen LogP contribution in [-0.2, 0) is 17.8 Å². The average molecular weight is 518 g/mol. The van der Waals surface area contributed by atoms with Crippen molar-refractivity contribution in [1.29, 1.82) is 5.26 Å². The summed E-state index contributed by atoms with van der Waals surface area (Å²) < 4.78 is 2.20. The number of thiazole rings is 1. The minimum atomic E-state index is -0.580. The van der Waals surface area contributed by atoms with E-state index in [0.29, 0.717) is 15.7 Å². The Morgan fingerprint density at radius 2 is 2.08 bits per heavy atom. The molecule has 2 heterocycles. The van der Waals surface area contributed by atoms with Crippen molar-refractivity contribution in [2.24, 2.45) is 11.8 Å². The van der Waals surface area contributed by atoms with Crippen molar-refractivity contribution in [2.45, 2.75) is 52.0 Å². The molecule has 1 aliphatic heterocycles. The van der Waals surface area contributed by atoms with Crippen LogP contribution < -0.4 is 25.4 Å². The summed E-state index contributed by atoms with van der Waals surface area (Å²) in [5.41, 5.74) is 1.80. The maximum atomic E-state index is 13.0. The van der Waals surface area contributed by atoms with E-state index in [1.165, 1.54) is 55.3 Å². The van der Waals surface area contributed by atoms with Crippen molar-refractivity contribution < 1.29 is 4.79 Å². The first-order chi connectivity index (χ1) is 18.0. The van der Waals surface area contributed by atoms with E-state index in [4.69, 9.17) is 6.42 Å². The van der Waals surface area contributed by atoms with Gasteiger partial charge in [0.15, 0.2) is 5.57 Å². The summed E-state index contributed by atoms with van der Waals surface area (Å²) in [4.78, 5) is 28.0. The van der Waals surface area contributed by atoms with Crippen molar-refractivity contribution in [1.82, 2.24) is 14.8 Å². The molecule has 1 saturated carbocycles. The van der Waals surface area contributed by atoms with Crippen LogP contribution in [-0.4, -0.2) is 41.6 Å². The number of terminal acetylenes is 1. The van der Waals surface area contributed by atoms with Gasteiger partial charge in [-0.05, 0) is 62.3 Å². The van der Waals surface area contributed by atoms with Gasteiger partial charge in [-0.15, -0.1) is 17.8 Å². The molecule has 1 aromatic heterocycles. The topological polar surface area (TPSA) is 90.2 Å². The fraction of sp³-hybridized carbons (Fsp3) is 0.483. The molecule has 0 bridgehead atoms. The van der Waals surface area contributed by atoms with E-state index in [2.05, 4.69) is 33.6 Å². The fourth-order valence-electron chi connectivity index (χ4n) is 5.54. The van der Waals surface area contributed by atoms with Gasteiger partial charge in [-0.3, -0.25) is 14.2 Å². The molecule has 194 valence electrons. The SMILES string of the molecule is C#CCNC(=O)C(C#N)=c1sc(=CNc2cccc(CCN3CC[C@H]4CCCC[C@@H]4C3)c2)c(=O)n1CC. The number of piperidine rings is 1. The second-order valence-corrected chi connectivity index (χ2v) is 10.9. The van der Waals surface area contributed by atoms with E-state index in [-0.39, 0.29) is 17.7 Å². The number of likely N-dealkylation sites (tertiary alicyclic amines) is 1. The number of carbonyl (C=O) groups is 1. The van der Waals surface area contributed by atoms with Crippen LogP contribution in [0.15, 0.2) is 29.1 Å². The van der Waals surface area contributed by atoms with Crippen LogP contribution in [0.4, 0.5) is 5.69 Å². The number of nitrogens with zero attached hydrogens (tertiary/aromatic N) is 3. The van der Waals surface area contributed by atoms with Gasteiger partial charge >= 0.3 is 0 Å². The van der Waals surface area contributed by atoms with Gasteiger partial charge in [0.05, 0.1) is 6.54 Å². The largest absolute Gasteiger partial charge is 0.360 e. The third kappa shape index (κ3) is 6.52. The lowest BCUT2D eigenvalue weighted by atomic mass is 9.75. The summed E-state index contributed by atoms with van der Waals surface area (Å²) >= 11 is 1.12. The Kier molecular flexibility index (Phi) is 9.22. The van der Waals surface area contributed by atoms with E-state index in [1.807, 2.05) is 25.1 Å². The molecule has 0 radical (unpaired) electrons. The molecule has 37 heavy (non-hydrogen) atoms. The summed E-state index contributed by atoms with van der Waals surface area (Å²) in [5, 5.41) is 15.3. The Hall–Kier alpha value is -3.33. The smallest absolute Gasteiger partial charge is 0.270 e. The number of amides is 1. The summed E-state index contributed by atoms with van der Waals surface area (Å²) in [6, 6.07) is 10.2. The zero-order chi connectivity index (χ0) is 26.2. The van der Waals surface area contributed by atoms with E-state index in [9.17, 15) is 14.9 Å². The van der Waals surface area contributed by atoms with Gasteiger partial charge in [-0.2, -0.15) is 5.26 Å². The zero-order valence-corrected chi connectivity index (χ0v) is 22.3. The van der Waals surface area contributed by atoms with E-state index in [0.717, 1.165) is 41.8 Å². The zero-order valence-electron chi connectivity index (χ0n) is 21.5. The lowest BCUT2D eigenvalue weighted by Crippen LogP contribution is -2.42. The molecule has 0 spiro atoms. The van der Waals surface area contributed by atoms with Gasteiger partial charge < -0.3 is 15.5 Å². The van der Waals surface area contributed by atoms with E-state index < -0.39 is 5.91 Å². The Morgan fingerprint density at radius 1 is 1.27 bits per heavy atom. The number of nitriles is 1. The number of benzene rings is 1. The predicted octanol–water partition coefficient (Wildman–Crippen LogP) is 2.26. The van der Waals surface area contributed by atoms with E-state index in [1.54, 1.807) is 6.20 Å². The molecule has 0 unspecified atom stereocenters. The fourth-order valence-corrected chi connectivity index (χ4v) is 6.63. The molecule has 1 aromatic carbocycles. The molecule has 1 aliphatic carbocycles. The van der Waals surface area contributed by atoms with Gasteiger partial charge in [0.25, 0.3) is 11.5 Å². The van der Waals surface area contributed by atoms with Gasteiger partial charge in [0, 0.05) is 31.5 Å². The molecule has 4 rings (SSSR count). The molecule has 2 atom stereocenters. The third-order valence-electron chi connectivity index (χ3n) is 7.52. The van der Waals surface area contributed by atoms with Gasteiger partial charge in [-0.25, -0.2) is 0 Å². The summed E-state index contributed by atoms with van der Waals surface area (Å²) in [6.07, 6.45) is 14.8. The predicted molar refractivity (Wildman–Crippen MR) is 149 cm³/mol. The van der Waals surface area contributed by atoms with Gasteiger partial charge in [0.2, 0.25) is 0 Å². The van der Waals surface area contributed by atoms with Crippen LogP contribution in [0.25, 0.3) is 11.8 Å². The van der Waals surface area contributed by atoms with E-state index >= 15 is 0 Å². The maximum Gasteiger partial charge on any atom is 0.270 e. The first kappa shape index (κ1) is 26.7. The Bertz CT molecular complexity index is 1380. The maximum absolute atomic E-state index is 13.0. The first-order valence-electron chi connectivity index (χ1n) is 13.2. The quantitative estimate of drug-likeness (QED) is 0.525. The molecule has 2 fully saturated rings. The minimum absolute atomic E-state index is 0.0154. The van der Waals surface area contributed by atoms with Crippen LogP contribution in [0, 0.1) is 35.5 Å². The highest BCUT2D eigenvalue weighted by atomic mass is 32.1. The average Bonchev–Trinajstić information content (AvgIpc) is 3.24. The monoisotopic (exact) mass is 517 g/mol. The number of rotatable bonds is 8. The summed E-state index contributed by atoms with van der Waals surface area (Å²) in [5.74, 6) is 3.57. The van der Waals surface area contributed by atoms with Crippen LogP contribution in [0.3, 0.4) is 0 Å². The van der Waals surface area contributed by atoms with Crippen LogP contribution >= 0.6 is 11.3 Å². The van der Waals surface area contributed by atoms with Crippen LogP contribution in [0.5, 0.6) is 0 Å². The highest BCUT2D eigenvalue weighted by Crippen LogP contribution is 2.36. The first-order valence-corrected chi connectivity index (χ1v) is 14.0. The molecule has 2 aliphatic rings. The highest BCUT2D eigenvalue weighted by Gasteiger charge is 2.30. The molecular weight excluding hydrogens is 482 g/mol. The van der Waals surface area contributed by atoms with Crippen molar-refractivity contribution in [3.8, 4) is 18.4 Å². The molecule has 7 nitrogen and oxygen atoms in total. The van der Waals surface area contributed by atoms with Gasteiger partial charge in [-0.1, -0.05) is 37.3 Å². The lowest BCUT2D eigenvalue weighted by molar-refractivity contribution is -0.115.